The van der Waals surface area contributed by atoms with Crippen LogP contribution in [0, 0.1) is 0 Å². The van der Waals surface area contributed by atoms with Crippen LogP contribution in [0.3, 0.4) is 0 Å². The molecule has 0 saturated carbocycles. The zero-order valence-corrected chi connectivity index (χ0v) is 31.4. The summed E-state index contributed by atoms with van der Waals surface area (Å²) in [7, 11) is 0. The fourth-order valence-electron chi connectivity index (χ4n) is 8.20. The molecule has 9 aromatic carbocycles. The molecule has 55 heavy (non-hydrogen) atoms. The molecule has 0 aliphatic carbocycles. The minimum absolute atomic E-state index is 1.11. The number of hydrogen-bond donors (Lipinski definition) is 0. The van der Waals surface area contributed by atoms with Gasteiger partial charge >= 0.3 is 0 Å². The van der Waals surface area contributed by atoms with Crippen molar-refractivity contribution in [3.63, 3.8) is 0 Å². The monoisotopic (exact) mass is 735 g/mol. The van der Waals surface area contributed by atoms with Gasteiger partial charge in [-0.1, -0.05) is 133 Å². The molecular weight excluding hydrogens is 703 g/mol. The van der Waals surface area contributed by atoms with E-state index in [4.69, 9.17) is 0 Å². The lowest BCUT2D eigenvalue weighted by atomic mass is 9.97. The van der Waals surface area contributed by atoms with Crippen molar-refractivity contribution in [3.05, 3.63) is 200 Å². The third-order valence-electron chi connectivity index (χ3n) is 10.8. The van der Waals surface area contributed by atoms with E-state index in [0.717, 1.165) is 17.1 Å². The van der Waals surface area contributed by atoms with Gasteiger partial charge in [0.1, 0.15) is 0 Å². The first-order chi connectivity index (χ1) is 27.2. The second-order valence-corrected chi connectivity index (χ2v) is 16.3. The summed E-state index contributed by atoms with van der Waals surface area (Å²) in [5, 5.41) is 7.77. The molecule has 0 fully saturated rings. The zero-order valence-electron chi connectivity index (χ0n) is 29.8. The molecule has 0 amide bonds. The summed E-state index contributed by atoms with van der Waals surface area (Å²) in [6, 6.07) is 73.6. The maximum atomic E-state index is 2.41. The topological polar surface area (TPSA) is 3.24 Å². The summed E-state index contributed by atoms with van der Waals surface area (Å²) in [6.45, 7) is 0. The molecule has 0 aliphatic rings. The molecule has 11 rings (SSSR count). The molecule has 2 heterocycles. The lowest BCUT2D eigenvalue weighted by Crippen LogP contribution is -2.10. The molecule has 2 aromatic heterocycles. The number of nitrogens with zero attached hydrogens (tertiary/aromatic N) is 1. The molecule has 1 nitrogen and oxygen atoms in total. The van der Waals surface area contributed by atoms with Crippen molar-refractivity contribution < 1.29 is 0 Å². The van der Waals surface area contributed by atoms with Crippen LogP contribution in [0.1, 0.15) is 0 Å². The van der Waals surface area contributed by atoms with Crippen LogP contribution in [-0.2, 0) is 0 Å². The van der Waals surface area contributed by atoms with E-state index in [2.05, 4.69) is 205 Å². The summed E-state index contributed by atoms with van der Waals surface area (Å²) in [5.74, 6) is 0. The van der Waals surface area contributed by atoms with E-state index in [1.54, 1.807) is 0 Å². The van der Waals surface area contributed by atoms with Crippen LogP contribution < -0.4 is 4.90 Å². The van der Waals surface area contributed by atoms with Gasteiger partial charge in [-0.2, -0.15) is 0 Å². The molecule has 11 aromatic rings. The molecule has 258 valence electrons. The van der Waals surface area contributed by atoms with Crippen LogP contribution >= 0.6 is 22.7 Å². The highest BCUT2D eigenvalue weighted by Crippen LogP contribution is 2.43. The van der Waals surface area contributed by atoms with Crippen molar-refractivity contribution in [2.45, 2.75) is 0 Å². The van der Waals surface area contributed by atoms with Crippen molar-refractivity contribution in [1.29, 1.82) is 0 Å². The van der Waals surface area contributed by atoms with Crippen molar-refractivity contribution in [1.82, 2.24) is 0 Å². The number of anilines is 3. The van der Waals surface area contributed by atoms with Gasteiger partial charge in [-0.25, -0.2) is 0 Å². The molecular formula is C52H33NS2. The van der Waals surface area contributed by atoms with E-state index in [1.165, 1.54) is 84.5 Å². The van der Waals surface area contributed by atoms with Gasteiger partial charge in [-0.3, -0.25) is 0 Å². The normalized spacial score (nSPS) is 11.6. The van der Waals surface area contributed by atoms with Gasteiger partial charge in [0.15, 0.2) is 0 Å². The van der Waals surface area contributed by atoms with E-state index in [0.29, 0.717) is 0 Å². The van der Waals surface area contributed by atoms with Gasteiger partial charge in [-0.05, 0) is 111 Å². The van der Waals surface area contributed by atoms with Crippen molar-refractivity contribution in [2.75, 3.05) is 4.90 Å². The Morgan fingerprint density at radius 3 is 1.47 bits per heavy atom. The molecule has 0 aliphatic heterocycles. The predicted molar refractivity (Wildman–Crippen MR) is 241 cm³/mol. The molecule has 0 saturated heterocycles. The lowest BCUT2D eigenvalue weighted by Gasteiger charge is -2.27. The quantitative estimate of drug-likeness (QED) is 0.164. The van der Waals surface area contributed by atoms with Crippen molar-refractivity contribution in [3.8, 4) is 33.4 Å². The fraction of sp³-hybridized carbons (Fsp3) is 0. The number of thiophene rings is 2. The molecule has 0 N–H and O–H groups in total. The van der Waals surface area contributed by atoms with Crippen LogP contribution in [0.15, 0.2) is 200 Å². The van der Waals surface area contributed by atoms with E-state index >= 15 is 0 Å². The largest absolute Gasteiger partial charge is 0.310 e. The van der Waals surface area contributed by atoms with Crippen LogP contribution in [-0.4, -0.2) is 0 Å². The number of hydrogen-bond acceptors (Lipinski definition) is 3. The summed E-state index contributed by atoms with van der Waals surface area (Å²) >= 11 is 3.73. The van der Waals surface area contributed by atoms with Crippen LogP contribution in [0.4, 0.5) is 17.1 Å². The van der Waals surface area contributed by atoms with Gasteiger partial charge in [0.2, 0.25) is 0 Å². The highest BCUT2D eigenvalue weighted by atomic mass is 32.1. The maximum absolute atomic E-state index is 2.41. The average Bonchev–Trinajstić information content (AvgIpc) is 3.82. The lowest BCUT2D eigenvalue weighted by molar-refractivity contribution is 1.28. The molecule has 0 spiro atoms. The molecule has 0 bridgehead atoms. The molecule has 0 unspecified atom stereocenters. The van der Waals surface area contributed by atoms with Gasteiger partial charge < -0.3 is 4.90 Å². The number of fused-ring (bicyclic) bond motifs is 7. The highest BCUT2D eigenvalue weighted by molar-refractivity contribution is 7.26. The third kappa shape index (κ3) is 5.60. The Balaban J connectivity index is 1.07. The Kier molecular flexibility index (Phi) is 7.61. The second kappa shape index (κ2) is 13.1. The Morgan fingerprint density at radius 2 is 0.745 bits per heavy atom. The maximum Gasteiger partial charge on any atom is 0.0467 e. The highest BCUT2D eigenvalue weighted by Gasteiger charge is 2.17. The third-order valence-corrected chi connectivity index (χ3v) is 13.1. The first-order valence-electron chi connectivity index (χ1n) is 18.7. The van der Waals surface area contributed by atoms with Gasteiger partial charge in [-0.15, -0.1) is 22.7 Å². The van der Waals surface area contributed by atoms with Crippen molar-refractivity contribution in [2.24, 2.45) is 0 Å². The first-order valence-corrected chi connectivity index (χ1v) is 20.3. The number of benzene rings is 9. The zero-order chi connectivity index (χ0) is 36.3. The second-order valence-electron chi connectivity index (χ2n) is 14.1. The standard InChI is InChI=1S/C52H33NS2/c1-2-19-43-34(11-1)12-10-22-44(43)39-15-9-18-42(31-39)53(40-16-7-13-35(29-40)37-26-28-51-48(32-37)46-21-4-6-24-50(46)54-51)41-17-8-14-36(30-41)38-25-27-47-45-20-3-5-23-49(45)55-52(47)33-38/h1-33H. The van der Waals surface area contributed by atoms with Crippen LogP contribution in [0.5, 0.6) is 0 Å². The molecule has 0 atom stereocenters. The summed E-state index contributed by atoms with van der Waals surface area (Å²) < 4.78 is 5.28. The van der Waals surface area contributed by atoms with Crippen LogP contribution in [0.2, 0.25) is 0 Å². The minimum atomic E-state index is 1.11. The van der Waals surface area contributed by atoms with E-state index in [-0.39, 0.29) is 0 Å². The van der Waals surface area contributed by atoms with Gasteiger partial charge in [0, 0.05) is 57.4 Å². The minimum Gasteiger partial charge on any atom is -0.310 e. The molecule has 3 heteroatoms. The van der Waals surface area contributed by atoms with Crippen molar-refractivity contribution >= 4 is 90.9 Å². The van der Waals surface area contributed by atoms with E-state index in [9.17, 15) is 0 Å². The average molecular weight is 736 g/mol. The number of rotatable bonds is 6. The molecule has 0 radical (unpaired) electrons. The summed E-state index contributed by atoms with van der Waals surface area (Å²) in [4.78, 5) is 2.41. The fourth-order valence-corrected chi connectivity index (χ4v) is 10.4. The smallest absolute Gasteiger partial charge is 0.0467 e. The van der Waals surface area contributed by atoms with Gasteiger partial charge in [0.25, 0.3) is 0 Å². The Labute approximate surface area is 327 Å². The SMILES string of the molecule is c1cc(-c2ccc3c(c2)sc2ccccc23)cc(N(c2cccc(-c3ccc4sc5ccccc5c4c3)c2)c2cccc(-c3cccc4ccccc34)c2)c1. The van der Waals surface area contributed by atoms with Crippen LogP contribution in [0.25, 0.3) is 84.5 Å². The van der Waals surface area contributed by atoms with Gasteiger partial charge in [0.05, 0.1) is 0 Å². The Bertz CT molecular complexity index is 3230. The summed E-state index contributed by atoms with van der Waals surface area (Å²) in [5.41, 5.74) is 10.6. The van der Waals surface area contributed by atoms with E-state index < -0.39 is 0 Å². The Hall–Kier alpha value is -6.52. The first kappa shape index (κ1) is 32.0. The Morgan fingerprint density at radius 1 is 0.273 bits per heavy atom. The summed E-state index contributed by atoms with van der Waals surface area (Å²) in [6.07, 6.45) is 0. The predicted octanol–water partition coefficient (Wildman–Crippen LogP) is 16.0. The van der Waals surface area contributed by atoms with E-state index in [1.807, 2.05) is 22.7 Å².